The van der Waals surface area contributed by atoms with Crippen molar-refractivity contribution in [3.8, 4) is 6.07 Å². The molecule has 0 aliphatic carbocycles. The summed E-state index contributed by atoms with van der Waals surface area (Å²) in [5.41, 5.74) is 4.60. The molecular formula is C21H25N3O2. The van der Waals surface area contributed by atoms with Crippen molar-refractivity contribution < 1.29 is 9.53 Å². The number of rotatable bonds is 7. The van der Waals surface area contributed by atoms with Crippen LogP contribution in [0.1, 0.15) is 30.0 Å². The molecule has 2 amide bonds. The van der Waals surface area contributed by atoms with Crippen molar-refractivity contribution in [2.75, 3.05) is 17.7 Å². The van der Waals surface area contributed by atoms with Crippen molar-refractivity contribution in [2.24, 2.45) is 0 Å². The summed E-state index contributed by atoms with van der Waals surface area (Å²) in [5.74, 6) is 0. The highest BCUT2D eigenvalue weighted by atomic mass is 16.5. The third-order valence-corrected chi connectivity index (χ3v) is 4.37. The lowest BCUT2D eigenvalue weighted by Crippen LogP contribution is -2.22. The molecule has 5 nitrogen and oxygen atoms in total. The molecule has 2 aromatic carbocycles. The molecule has 2 aromatic rings. The van der Waals surface area contributed by atoms with Crippen LogP contribution in [0.5, 0.6) is 0 Å². The summed E-state index contributed by atoms with van der Waals surface area (Å²) in [4.78, 5) is 12.4. The Kier molecular flexibility index (Phi) is 7.19. The van der Waals surface area contributed by atoms with E-state index in [2.05, 4.69) is 23.6 Å². The second-order valence-corrected chi connectivity index (χ2v) is 6.18. The highest BCUT2D eigenvalue weighted by molar-refractivity contribution is 6.00. The summed E-state index contributed by atoms with van der Waals surface area (Å²) >= 11 is 0. The van der Waals surface area contributed by atoms with Crippen LogP contribution in [0.4, 0.5) is 16.2 Å². The Morgan fingerprint density at radius 1 is 1.19 bits per heavy atom. The Morgan fingerprint density at radius 3 is 2.54 bits per heavy atom. The van der Waals surface area contributed by atoms with Gasteiger partial charge in [0.25, 0.3) is 0 Å². The topological polar surface area (TPSA) is 74.2 Å². The Hall–Kier alpha value is -2.84. The van der Waals surface area contributed by atoms with Gasteiger partial charge in [0.1, 0.15) is 0 Å². The summed E-state index contributed by atoms with van der Waals surface area (Å²) in [7, 11) is 1.71. The maximum atomic E-state index is 12.4. The maximum Gasteiger partial charge on any atom is 0.323 e. The quantitative estimate of drug-likeness (QED) is 0.761. The number of aryl methyl sites for hydroxylation is 1. The number of hydrogen-bond acceptors (Lipinski definition) is 3. The number of nitriles is 1. The molecule has 0 fully saturated rings. The monoisotopic (exact) mass is 351 g/mol. The first-order valence-electron chi connectivity index (χ1n) is 8.72. The summed E-state index contributed by atoms with van der Waals surface area (Å²) in [6.45, 7) is 4.12. The molecule has 26 heavy (non-hydrogen) atoms. The molecular weight excluding hydrogens is 326 g/mol. The predicted octanol–water partition coefficient (Wildman–Crippen LogP) is 4.67. The van der Waals surface area contributed by atoms with Crippen molar-refractivity contribution in [1.82, 2.24) is 0 Å². The molecule has 0 bridgehead atoms. The molecule has 5 heteroatoms. The van der Waals surface area contributed by atoms with E-state index in [0.717, 1.165) is 35.2 Å². The second kappa shape index (κ2) is 9.59. The van der Waals surface area contributed by atoms with E-state index in [-0.39, 0.29) is 12.1 Å². The van der Waals surface area contributed by atoms with Gasteiger partial charge in [0.15, 0.2) is 0 Å². The molecule has 0 saturated heterocycles. The molecule has 1 atom stereocenters. The fourth-order valence-electron chi connectivity index (χ4n) is 2.79. The number of benzene rings is 2. The van der Waals surface area contributed by atoms with Gasteiger partial charge in [-0.15, -0.1) is 0 Å². The van der Waals surface area contributed by atoms with Gasteiger partial charge in [0, 0.05) is 24.9 Å². The molecule has 2 rings (SSSR count). The molecule has 0 aromatic heterocycles. The highest BCUT2D eigenvalue weighted by Crippen LogP contribution is 2.23. The molecule has 1 unspecified atom stereocenters. The summed E-state index contributed by atoms with van der Waals surface area (Å²) in [6, 6.07) is 14.9. The van der Waals surface area contributed by atoms with Gasteiger partial charge in [-0.1, -0.05) is 31.2 Å². The van der Waals surface area contributed by atoms with E-state index in [1.54, 1.807) is 19.2 Å². The largest absolute Gasteiger partial charge is 0.381 e. The van der Waals surface area contributed by atoms with Gasteiger partial charge < -0.3 is 15.4 Å². The van der Waals surface area contributed by atoms with Crippen LogP contribution in [-0.2, 0) is 17.6 Å². The van der Waals surface area contributed by atoms with Crippen LogP contribution in [0.2, 0.25) is 0 Å². The van der Waals surface area contributed by atoms with E-state index >= 15 is 0 Å². The fraction of sp³-hybridized carbons (Fsp3) is 0.333. The molecule has 136 valence electrons. The smallest absolute Gasteiger partial charge is 0.323 e. The number of hydrogen-bond donors (Lipinski definition) is 2. The highest BCUT2D eigenvalue weighted by Gasteiger charge is 2.14. The number of carbonyl (C=O) groups is 1. The van der Waals surface area contributed by atoms with Crippen LogP contribution < -0.4 is 10.6 Å². The molecule has 0 spiro atoms. The van der Waals surface area contributed by atoms with Gasteiger partial charge in [-0.25, -0.2) is 4.79 Å². The van der Waals surface area contributed by atoms with E-state index in [1.165, 1.54) is 0 Å². The lowest BCUT2D eigenvalue weighted by molar-refractivity contribution is 0.0998. The number of methoxy groups -OCH3 is 1. The standard InChI is InChI=1S/C21H25N3O2/c1-4-18(26-3)14-19-15(2)6-5-7-20(19)24-21(25)23-17-10-8-16(9-11-17)12-13-22/h5-11,18H,4,12,14H2,1-3H3,(H2,23,24,25). The first-order valence-corrected chi connectivity index (χ1v) is 8.72. The van der Waals surface area contributed by atoms with E-state index in [1.807, 2.05) is 37.3 Å². The summed E-state index contributed by atoms with van der Waals surface area (Å²) in [6.07, 6.45) is 2.13. The molecule has 2 N–H and O–H groups in total. The number of amides is 2. The molecule has 0 aliphatic rings. The first kappa shape index (κ1) is 19.5. The van der Waals surface area contributed by atoms with Crippen LogP contribution >= 0.6 is 0 Å². The van der Waals surface area contributed by atoms with Crippen LogP contribution in [0.25, 0.3) is 0 Å². The van der Waals surface area contributed by atoms with Crippen LogP contribution in [-0.4, -0.2) is 19.2 Å². The van der Waals surface area contributed by atoms with Gasteiger partial charge in [-0.3, -0.25) is 0 Å². The minimum Gasteiger partial charge on any atom is -0.381 e. The minimum atomic E-state index is -0.296. The normalized spacial score (nSPS) is 11.5. The zero-order valence-corrected chi connectivity index (χ0v) is 15.5. The fourth-order valence-corrected chi connectivity index (χ4v) is 2.79. The number of carbonyl (C=O) groups excluding carboxylic acids is 1. The lowest BCUT2D eigenvalue weighted by Gasteiger charge is -2.18. The van der Waals surface area contributed by atoms with Gasteiger partial charge >= 0.3 is 6.03 Å². The number of anilines is 2. The van der Waals surface area contributed by atoms with E-state index in [4.69, 9.17) is 10.00 Å². The van der Waals surface area contributed by atoms with E-state index in [0.29, 0.717) is 12.1 Å². The minimum absolute atomic E-state index is 0.118. The third kappa shape index (κ3) is 5.33. The first-order chi connectivity index (χ1) is 12.6. The SMILES string of the molecule is CCC(Cc1c(C)cccc1NC(=O)Nc1ccc(CC#N)cc1)OC. The Morgan fingerprint density at radius 2 is 1.92 bits per heavy atom. The maximum absolute atomic E-state index is 12.4. The number of ether oxygens (including phenoxy) is 1. The molecule has 0 radical (unpaired) electrons. The van der Waals surface area contributed by atoms with E-state index in [9.17, 15) is 4.79 Å². The van der Waals surface area contributed by atoms with E-state index < -0.39 is 0 Å². The number of urea groups is 1. The molecule has 0 aliphatic heterocycles. The number of nitrogens with zero attached hydrogens (tertiary/aromatic N) is 1. The Labute approximate surface area is 155 Å². The predicted molar refractivity (Wildman–Crippen MR) is 104 cm³/mol. The Balaban J connectivity index is 2.08. The lowest BCUT2D eigenvalue weighted by atomic mass is 9.99. The van der Waals surface area contributed by atoms with Crippen molar-refractivity contribution in [3.05, 3.63) is 59.2 Å². The van der Waals surface area contributed by atoms with Crippen molar-refractivity contribution >= 4 is 17.4 Å². The summed E-state index contributed by atoms with van der Waals surface area (Å²) < 4.78 is 5.49. The zero-order chi connectivity index (χ0) is 18.9. The zero-order valence-electron chi connectivity index (χ0n) is 15.5. The van der Waals surface area contributed by atoms with Crippen molar-refractivity contribution in [2.45, 2.75) is 39.2 Å². The van der Waals surface area contributed by atoms with Gasteiger partial charge in [-0.05, 0) is 48.2 Å². The van der Waals surface area contributed by atoms with Crippen molar-refractivity contribution in [1.29, 1.82) is 5.26 Å². The number of nitrogens with one attached hydrogen (secondary N) is 2. The molecule has 0 saturated carbocycles. The average molecular weight is 351 g/mol. The second-order valence-electron chi connectivity index (χ2n) is 6.18. The van der Waals surface area contributed by atoms with Gasteiger partial charge in [0.05, 0.1) is 18.6 Å². The van der Waals surface area contributed by atoms with Gasteiger partial charge in [-0.2, -0.15) is 5.26 Å². The van der Waals surface area contributed by atoms with Crippen LogP contribution in [0.3, 0.4) is 0 Å². The summed E-state index contributed by atoms with van der Waals surface area (Å²) in [5, 5.41) is 14.5. The van der Waals surface area contributed by atoms with Crippen LogP contribution in [0, 0.1) is 18.3 Å². The van der Waals surface area contributed by atoms with Crippen LogP contribution in [0.15, 0.2) is 42.5 Å². The van der Waals surface area contributed by atoms with Gasteiger partial charge in [0.2, 0.25) is 0 Å². The third-order valence-electron chi connectivity index (χ3n) is 4.37. The molecule has 0 heterocycles. The van der Waals surface area contributed by atoms with Crippen molar-refractivity contribution in [3.63, 3.8) is 0 Å². The Bertz CT molecular complexity index is 775. The average Bonchev–Trinajstić information content (AvgIpc) is 2.63.